The van der Waals surface area contributed by atoms with Crippen LogP contribution in [-0.2, 0) is 14.4 Å². The minimum absolute atomic E-state index is 0.107. The summed E-state index contributed by atoms with van der Waals surface area (Å²) in [7, 11) is 0. The van der Waals surface area contributed by atoms with Crippen LogP contribution in [0.3, 0.4) is 0 Å². The molecule has 2 aliphatic rings. The molecule has 0 bridgehead atoms. The fraction of sp³-hybridized carbons (Fsp3) is 0.762. The molecule has 6 heteroatoms. The number of aldehydes is 1. The van der Waals surface area contributed by atoms with Gasteiger partial charge in [0.15, 0.2) is 0 Å². The molecule has 27 heavy (non-hydrogen) atoms. The van der Waals surface area contributed by atoms with Gasteiger partial charge in [0.1, 0.15) is 6.29 Å². The highest BCUT2D eigenvalue weighted by molar-refractivity contribution is 5.85. The summed E-state index contributed by atoms with van der Waals surface area (Å²) < 4.78 is 0. The Morgan fingerprint density at radius 3 is 2.30 bits per heavy atom. The molecule has 152 valence electrons. The Labute approximate surface area is 162 Å². The molecule has 0 aromatic carbocycles. The second kappa shape index (κ2) is 9.38. The third-order valence-electron chi connectivity index (χ3n) is 6.91. The second-order valence-electron chi connectivity index (χ2n) is 8.51. The van der Waals surface area contributed by atoms with Gasteiger partial charge in [0.25, 0.3) is 0 Å². The first-order valence-corrected chi connectivity index (χ1v) is 10.2. The average Bonchev–Trinajstić information content (AvgIpc) is 2.66. The van der Waals surface area contributed by atoms with E-state index in [1.54, 1.807) is 0 Å². The summed E-state index contributed by atoms with van der Waals surface area (Å²) in [4.78, 5) is 35.9. The molecular weight excluding hydrogens is 344 g/mol. The Morgan fingerprint density at radius 2 is 1.81 bits per heavy atom. The molecule has 2 rings (SSSR count). The first-order chi connectivity index (χ1) is 12.8. The molecule has 0 spiro atoms. The van der Waals surface area contributed by atoms with Crippen LogP contribution >= 0.6 is 0 Å². The fourth-order valence-electron chi connectivity index (χ4n) is 4.85. The van der Waals surface area contributed by atoms with Crippen LogP contribution in [0.5, 0.6) is 0 Å². The normalized spacial score (nSPS) is 35.0. The second-order valence-corrected chi connectivity index (χ2v) is 8.51. The first kappa shape index (κ1) is 21.5. The van der Waals surface area contributed by atoms with Crippen LogP contribution in [0, 0.1) is 35.5 Å². The van der Waals surface area contributed by atoms with E-state index in [-0.39, 0.29) is 30.7 Å². The van der Waals surface area contributed by atoms with Crippen molar-refractivity contribution >= 4 is 18.2 Å². The van der Waals surface area contributed by atoms with Crippen molar-refractivity contribution in [1.82, 2.24) is 5.32 Å². The molecule has 1 amide bonds. The summed E-state index contributed by atoms with van der Waals surface area (Å²) >= 11 is 0. The van der Waals surface area contributed by atoms with Gasteiger partial charge in [0.05, 0.1) is 11.8 Å². The number of carbonyl (C=O) groups excluding carboxylic acids is 2. The number of carboxylic acid groups (broad SMARTS) is 1. The van der Waals surface area contributed by atoms with Gasteiger partial charge in [0.2, 0.25) is 5.91 Å². The summed E-state index contributed by atoms with van der Waals surface area (Å²) in [6.45, 7) is 8.22. The van der Waals surface area contributed by atoms with Gasteiger partial charge in [-0.3, -0.25) is 9.59 Å². The Bertz CT molecular complexity index is 569. The highest BCUT2D eigenvalue weighted by atomic mass is 16.4. The summed E-state index contributed by atoms with van der Waals surface area (Å²) in [5.74, 6) is -2.18. The van der Waals surface area contributed by atoms with E-state index in [1.807, 2.05) is 0 Å². The van der Waals surface area contributed by atoms with Gasteiger partial charge in [-0.05, 0) is 50.4 Å². The molecule has 2 saturated carbocycles. The fourth-order valence-corrected chi connectivity index (χ4v) is 4.85. The number of carbonyl (C=O) groups is 3. The predicted octanol–water partition coefficient (Wildman–Crippen LogP) is 2.72. The van der Waals surface area contributed by atoms with Gasteiger partial charge in [-0.15, -0.1) is 0 Å². The number of aliphatic carboxylic acids is 1. The minimum atomic E-state index is -1.02. The highest BCUT2D eigenvalue weighted by Gasteiger charge is 2.44. The summed E-state index contributed by atoms with van der Waals surface area (Å²) in [6, 6.07) is 0.107. The zero-order valence-corrected chi connectivity index (χ0v) is 16.5. The molecule has 4 N–H and O–H groups in total. The van der Waals surface area contributed by atoms with E-state index in [2.05, 4.69) is 25.7 Å². The van der Waals surface area contributed by atoms with E-state index < -0.39 is 23.7 Å². The molecule has 0 radical (unpaired) electrons. The summed E-state index contributed by atoms with van der Waals surface area (Å²) in [6.07, 6.45) is 6.41. The monoisotopic (exact) mass is 378 g/mol. The minimum Gasteiger partial charge on any atom is -0.481 e. The Balaban J connectivity index is 2.01. The summed E-state index contributed by atoms with van der Waals surface area (Å²) in [5, 5.41) is 12.7. The maximum absolute atomic E-state index is 12.9. The third kappa shape index (κ3) is 5.11. The van der Waals surface area contributed by atoms with E-state index in [1.165, 1.54) is 6.42 Å². The lowest BCUT2D eigenvalue weighted by Gasteiger charge is -2.38. The third-order valence-corrected chi connectivity index (χ3v) is 6.91. The largest absolute Gasteiger partial charge is 0.481 e. The van der Waals surface area contributed by atoms with Crippen LogP contribution in [0.2, 0.25) is 0 Å². The zero-order chi connectivity index (χ0) is 20.1. The van der Waals surface area contributed by atoms with Crippen molar-refractivity contribution in [2.24, 2.45) is 41.2 Å². The molecular formula is C21H34N2O4. The molecule has 0 aromatic rings. The number of carboxylic acids is 1. The number of hydrogen-bond acceptors (Lipinski definition) is 4. The van der Waals surface area contributed by atoms with E-state index in [0.29, 0.717) is 17.5 Å². The van der Waals surface area contributed by atoms with Crippen molar-refractivity contribution in [2.75, 3.05) is 0 Å². The molecule has 6 nitrogen and oxygen atoms in total. The van der Waals surface area contributed by atoms with Gasteiger partial charge < -0.3 is 21.0 Å². The Morgan fingerprint density at radius 1 is 1.19 bits per heavy atom. The Kier molecular flexibility index (Phi) is 7.45. The van der Waals surface area contributed by atoms with Gasteiger partial charge in [0, 0.05) is 23.6 Å². The number of allylic oxidation sites excluding steroid dienone is 1. The number of rotatable bonds is 7. The SMILES string of the molecule is C=C(N)C1CC(C(=O)NC2CCC(C(C)CC)CC2)C(C(=O)O)CC1C=O. The van der Waals surface area contributed by atoms with E-state index >= 15 is 0 Å². The van der Waals surface area contributed by atoms with Crippen LogP contribution in [0.15, 0.2) is 12.3 Å². The van der Waals surface area contributed by atoms with Crippen molar-refractivity contribution in [3.05, 3.63) is 12.3 Å². The van der Waals surface area contributed by atoms with Gasteiger partial charge in [-0.1, -0.05) is 26.8 Å². The zero-order valence-electron chi connectivity index (χ0n) is 16.5. The summed E-state index contributed by atoms with van der Waals surface area (Å²) in [5.41, 5.74) is 6.18. The van der Waals surface area contributed by atoms with Crippen molar-refractivity contribution < 1.29 is 19.5 Å². The number of nitrogens with one attached hydrogen (secondary N) is 1. The molecule has 2 aliphatic carbocycles. The quantitative estimate of drug-likeness (QED) is 0.590. The molecule has 0 saturated heterocycles. The topological polar surface area (TPSA) is 109 Å². The van der Waals surface area contributed by atoms with Crippen molar-refractivity contribution in [3.63, 3.8) is 0 Å². The van der Waals surface area contributed by atoms with Crippen molar-refractivity contribution in [2.45, 2.75) is 64.8 Å². The highest BCUT2D eigenvalue weighted by Crippen LogP contribution is 2.40. The molecule has 5 atom stereocenters. The van der Waals surface area contributed by atoms with E-state index in [4.69, 9.17) is 5.73 Å². The maximum atomic E-state index is 12.9. The number of nitrogens with two attached hydrogens (primary N) is 1. The first-order valence-electron chi connectivity index (χ1n) is 10.2. The lowest BCUT2D eigenvalue weighted by molar-refractivity contribution is -0.151. The standard InChI is InChI=1S/C21H34N2O4/c1-4-12(2)14-5-7-16(8-6-14)23-20(25)18-10-17(13(3)22)15(11-24)9-19(18)21(26)27/h11-12,14-19H,3-10,22H2,1-2H3,(H,23,25)(H,26,27). The van der Waals surface area contributed by atoms with Crippen LogP contribution in [0.1, 0.15) is 58.8 Å². The molecule has 2 fully saturated rings. The smallest absolute Gasteiger partial charge is 0.307 e. The van der Waals surface area contributed by atoms with E-state index in [9.17, 15) is 19.5 Å². The number of hydrogen-bond donors (Lipinski definition) is 3. The molecule has 0 heterocycles. The average molecular weight is 379 g/mol. The van der Waals surface area contributed by atoms with Crippen molar-refractivity contribution in [3.8, 4) is 0 Å². The van der Waals surface area contributed by atoms with Gasteiger partial charge >= 0.3 is 5.97 Å². The van der Waals surface area contributed by atoms with Crippen LogP contribution in [0.4, 0.5) is 0 Å². The van der Waals surface area contributed by atoms with Crippen LogP contribution in [-0.4, -0.2) is 29.3 Å². The van der Waals surface area contributed by atoms with Crippen LogP contribution < -0.4 is 11.1 Å². The predicted molar refractivity (Wildman–Crippen MR) is 104 cm³/mol. The van der Waals surface area contributed by atoms with Gasteiger partial charge in [-0.2, -0.15) is 0 Å². The lowest BCUT2D eigenvalue weighted by atomic mass is 9.67. The maximum Gasteiger partial charge on any atom is 0.307 e. The van der Waals surface area contributed by atoms with Crippen molar-refractivity contribution in [1.29, 1.82) is 0 Å². The molecule has 0 aromatic heterocycles. The molecule has 0 aliphatic heterocycles. The van der Waals surface area contributed by atoms with Gasteiger partial charge in [-0.25, -0.2) is 0 Å². The van der Waals surface area contributed by atoms with Crippen LogP contribution in [0.25, 0.3) is 0 Å². The lowest BCUT2D eigenvalue weighted by Crippen LogP contribution is -2.48. The number of amides is 1. The van der Waals surface area contributed by atoms with E-state index in [0.717, 1.165) is 32.0 Å². The molecule has 5 unspecified atom stereocenters. The Hall–Kier alpha value is -1.85.